The van der Waals surface area contributed by atoms with E-state index in [9.17, 15) is 4.79 Å². The fourth-order valence-electron chi connectivity index (χ4n) is 2.11. The molecule has 0 aromatic heterocycles. The molecule has 0 fully saturated rings. The van der Waals surface area contributed by atoms with E-state index < -0.39 is 0 Å². The minimum Gasteiger partial charge on any atom is -0.491 e. The molecule has 0 saturated carbocycles. The molecule has 0 atom stereocenters. The summed E-state index contributed by atoms with van der Waals surface area (Å²) in [6.07, 6.45) is 0.214. The number of benzene rings is 2. The average Bonchev–Trinajstić information content (AvgIpc) is 2.49. The van der Waals surface area contributed by atoms with Gasteiger partial charge in [0.15, 0.2) is 0 Å². The molecule has 0 unspecified atom stereocenters. The van der Waals surface area contributed by atoms with Crippen LogP contribution in [-0.2, 0) is 11.3 Å². The number of para-hydroxylation sites is 2. The molecular weight excluding hydrogens is 276 g/mol. The van der Waals surface area contributed by atoms with Crippen LogP contribution in [0.25, 0.3) is 0 Å². The van der Waals surface area contributed by atoms with Crippen molar-refractivity contribution in [3.05, 3.63) is 59.2 Å². The van der Waals surface area contributed by atoms with E-state index in [0.29, 0.717) is 0 Å². The van der Waals surface area contributed by atoms with Crippen molar-refractivity contribution in [3.63, 3.8) is 0 Å². The van der Waals surface area contributed by atoms with Gasteiger partial charge in [0, 0.05) is 6.54 Å². The molecule has 2 rings (SSSR count). The van der Waals surface area contributed by atoms with Gasteiger partial charge in [0.2, 0.25) is 5.91 Å². The van der Waals surface area contributed by atoms with Crippen molar-refractivity contribution >= 4 is 11.6 Å². The topological polar surface area (TPSA) is 64.3 Å². The van der Waals surface area contributed by atoms with Gasteiger partial charge < -0.3 is 15.8 Å². The van der Waals surface area contributed by atoms with E-state index in [1.807, 2.05) is 24.3 Å². The zero-order chi connectivity index (χ0) is 15.9. The fourth-order valence-corrected chi connectivity index (χ4v) is 2.11. The molecule has 2 aromatic carbocycles. The first-order valence-electron chi connectivity index (χ1n) is 7.36. The Balaban J connectivity index is 1.99. The van der Waals surface area contributed by atoms with Crippen molar-refractivity contribution in [2.75, 3.05) is 11.9 Å². The second-order valence-corrected chi connectivity index (χ2v) is 5.33. The van der Waals surface area contributed by atoms with E-state index >= 15 is 0 Å². The second kappa shape index (κ2) is 7.50. The molecule has 0 heterocycles. The molecule has 3 N–H and O–H groups in total. The van der Waals surface area contributed by atoms with Gasteiger partial charge in [0.05, 0.1) is 18.7 Å². The zero-order valence-electron chi connectivity index (χ0n) is 13.1. The Morgan fingerprint density at radius 1 is 1.14 bits per heavy atom. The van der Waals surface area contributed by atoms with Crippen molar-refractivity contribution in [2.24, 2.45) is 5.73 Å². The number of carbonyl (C=O) groups excluding carboxylic acids is 1. The molecule has 4 heteroatoms. The van der Waals surface area contributed by atoms with Gasteiger partial charge in [-0.05, 0) is 42.7 Å². The first kappa shape index (κ1) is 15.9. The molecule has 1 amide bonds. The van der Waals surface area contributed by atoms with E-state index in [0.717, 1.165) is 18.0 Å². The maximum Gasteiger partial charge on any atom is 0.220 e. The Morgan fingerprint density at radius 2 is 1.91 bits per heavy atom. The number of carbonyl (C=O) groups is 1. The van der Waals surface area contributed by atoms with Crippen molar-refractivity contribution in [2.45, 2.75) is 26.8 Å². The van der Waals surface area contributed by atoms with Gasteiger partial charge >= 0.3 is 0 Å². The molecular formula is C18H22N2O2. The van der Waals surface area contributed by atoms with Gasteiger partial charge in [-0.3, -0.25) is 4.79 Å². The Labute approximate surface area is 131 Å². The maximum atomic E-state index is 10.8. The van der Waals surface area contributed by atoms with Crippen LogP contribution < -0.4 is 15.8 Å². The van der Waals surface area contributed by atoms with Gasteiger partial charge in [0.1, 0.15) is 5.75 Å². The standard InChI is InChI=1S/C18H22N2O2/c1-13-7-8-15(11-14(13)2)12-20-16-5-3-4-6-17(16)22-10-9-18(19)21/h3-8,11,20H,9-10,12H2,1-2H3,(H2,19,21). The minimum atomic E-state index is -0.361. The van der Waals surface area contributed by atoms with Gasteiger partial charge in [-0.2, -0.15) is 0 Å². The largest absolute Gasteiger partial charge is 0.491 e. The summed E-state index contributed by atoms with van der Waals surface area (Å²) in [5.41, 5.74) is 9.82. The molecule has 116 valence electrons. The highest BCUT2D eigenvalue weighted by molar-refractivity contribution is 5.73. The van der Waals surface area contributed by atoms with Crippen molar-refractivity contribution in [1.29, 1.82) is 0 Å². The molecule has 0 saturated heterocycles. The van der Waals surface area contributed by atoms with E-state index in [2.05, 4.69) is 37.4 Å². The van der Waals surface area contributed by atoms with Crippen LogP contribution in [0.2, 0.25) is 0 Å². The molecule has 0 aliphatic rings. The summed E-state index contributed by atoms with van der Waals surface area (Å²) >= 11 is 0. The van der Waals surface area contributed by atoms with Crippen LogP contribution in [0.4, 0.5) is 5.69 Å². The third kappa shape index (κ3) is 4.52. The van der Waals surface area contributed by atoms with E-state index in [4.69, 9.17) is 10.5 Å². The number of hydrogen-bond donors (Lipinski definition) is 2. The van der Waals surface area contributed by atoms with Crippen LogP contribution in [0.3, 0.4) is 0 Å². The van der Waals surface area contributed by atoms with Crippen molar-refractivity contribution in [1.82, 2.24) is 0 Å². The highest BCUT2D eigenvalue weighted by atomic mass is 16.5. The Morgan fingerprint density at radius 3 is 2.64 bits per heavy atom. The summed E-state index contributed by atoms with van der Waals surface area (Å²) in [6, 6.07) is 14.1. The quantitative estimate of drug-likeness (QED) is 0.825. The first-order valence-corrected chi connectivity index (χ1v) is 7.36. The number of ether oxygens (including phenoxy) is 1. The lowest BCUT2D eigenvalue weighted by Gasteiger charge is -2.13. The third-order valence-corrected chi connectivity index (χ3v) is 3.55. The van der Waals surface area contributed by atoms with Crippen LogP contribution in [0, 0.1) is 13.8 Å². The molecule has 0 radical (unpaired) electrons. The SMILES string of the molecule is Cc1ccc(CNc2ccccc2OCCC(N)=O)cc1C. The van der Waals surface area contributed by atoms with E-state index in [1.54, 1.807) is 0 Å². The lowest BCUT2D eigenvalue weighted by Crippen LogP contribution is -2.15. The summed E-state index contributed by atoms with van der Waals surface area (Å²) in [7, 11) is 0. The summed E-state index contributed by atoms with van der Waals surface area (Å²) < 4.78 is 5.62. The normalized spacial score (nSPS) is 10.3. The summed E-state index contributed by atoms with van der Waals surface area (Å²) in [4.78, 5) is 10.8. The predicted octanol–water partition coefficient (Wildman–Crippen LogP) is 3.17. The van der Waals surface area contributed by atoms with E-state index in [-0.39, 0.29) is 18.9 Å². The van der Waals surface area contributed by atoms with Gasteiger partial charge in [-0.1, -0.05) is 30.3 Å². The molecule has 0 spiro atoms. The van der Waals surface area contributed by atoms with Crippen molar-refractivity contribution in [3.8, 4) is 5.75 Å². The Kier molecular flexibility index (Phi) is 5.42. The van der Waals surface area contributed by atoms with Crippen LogP contribution in [0.1, 0.15) is 23.1 Å². The number of rotatable bonds is 7. The van der Waals surface area contributed by atoms with Crippen LogP contribution in [-0.4, -0.2) is 12.5 Å². The fraction of sp³-hybridized carbons (Fsp3) is 0.278. The second-order valence-electron chi connectivity index (χ2n) is 5.33. The minimum absolute atomic E-state index is 0.214. The number of hydrogen-bond acceptors (Lipinski definition) is 3. The maximum absolute atomic E-state index is 10.8. The molecule has 0 aliphatic heterocycles. The highest BCUT2D eigenvalue weighted by Crippen LogP contribution is 2.24. The number of primary amides is 1. The summed E-state index contributed by atoms with van der Waals surface area (Å²) in [6.45, 7) is 5.23. The number of amides is 1. The van der Waals surface area contributed by atoms with Gasteiger partial charge in [0.25, 0.3) is 0 Å². The van der Waals surface area contributed by atoms with E-state index in [1.165, 1.54) is 16.7 Å². The zero-order valence-corrected chi connectivity index (χ0v) is 13.1. The van der Waals surface area contributed by atoms with Crippen molar-refractivity contribution < 1.29 is 9.53 Å². The Hall–Kier alpha value is -2.49. The van der Waals surface area contributed by atoms with Crippen LogP contribution >= 0.6 is 0 Å². The molecule has 22 heavy (non-hydrogen) atoms. The number of nitrogens with two attached hydrogens (primary N) is 1. The van der Waals surface area contributed by atoms with Gasteiger partial charge in [-0.15, -0.1) is 0 Å². The number of nitrogens with one attached hydrogen (secondary N) is 1. The molecule has 0 aliphatic carbocycles. The summed E-state index contributed by atoms with van der Waals surface area (Å²) in [5.74, 6) is 0.369. The van der Waals surface area contributed by atoms with Gasteiger partial charge in [-0.25, -0.2) is 0 Å². The monoisotopic (exact) mass is 298 g/mol. The lowest BCUT2D eigenvalue weighted by molar-refractivity contribution is -0.118. The lowest BCUT2D eigenvalue weighted by atomic mass is 10.1. The van der Waals surface area contributed by atoms with Crippen LogP contribution in [0.15, 0.2) is 42.5 Å². The summed E-state index contributed by atoms with van der Waals surface area (Å²) in [5, 5.41) is 3.37. The molecule has 0 bridgehead atoms. The highest BCUT2D eigenvalue weighted by Gasteiger charge is 2.04. The average molecular weight is 298 g/mol. The predicted molar refractivity (Wildman–Crippen MR) is 89.0 cm³/mol. The first-order chi connectivity index (χ1) is 10.6. The van der Waals surface area contributed by atoms with Crippen LogP contribution in [0.5, 0.6) is 5.75 Å². The number of aryl methyl sites for hydroxylation is 2. The smallest absolute Gasteiger partial charge is 0.220 e. The Bertz CT molecular complexity index is 653. The third-order valence-electron chi connectivity index (χ3n) is 3.55. The number of anilines is 1. The molecule has 4 nitrogen and oxygen atoms in total. The molecule has 2 aromatic rings.